The van der Waals surface area contributed by atoms with Gasteiger partial charge in [0.1, 0.15) is 0 Å². The Kier molecular flexibility index (Phi) is 2.84. The fourth-order valence-corrected chi connectivity index (χ4v) is 2.94. The van der Waals surface area contributed by atoms with Gasteiger partial charge in [0.05, 0.1) is 18.6 Å². The maximum atomic E-state index is 10.5. The maximum absolute atomic E-state index is 10.5. The predicted molar refractivity (Wildman–Crippen MR) is 62.9 cm³/mol. The van der Waals surface area contributed by atoms with Crippen molar-refractivity contribution in [2.24, 2.45) is 16.6 Å². The standard InChI is InChI=1S/C13H21NO2/c1-12(2)4-5-13(9-14,11(12)15)7-10-3-6-16-8-10/h3,6,8,11,15H,4-5,7,9,14H2,1-2H3. The van der Waals surface area contributed by atoms with Crippen LogP contribution in [0.2, 0.25) is 0 Å². The van der Waals surface area contributed by atoms with Crippen LogP contribution in [-0.4, -0.2) is 17.8 Å². The SMILES string of the molecule is CC1(C)CCC(CN)(Cc2ccoc2)C1O. The molecule has 3 nitrogen and oxygen atoms in total. The number of rotatable bonds is 3. The van der Waals surface area contributed by atoms with Gasteiger partial charge in [0.2, 0.25) is 0 Å². The molecule has 2 rings (SSSR count). The molecule has 3 N–H and O–H groups in total. The van der Waals surface area contributed by atoms with Gasteiger partial charge in [0.15, 0.2) is 0 Å². The summed E-state index contributed by atoms with van der Waals surface area (Å²) in [5.74, 6) is 0. The molecular weight excluding hydrogens is 202 g/mol. The Labute approximate surface area is 96.6 Å². The average Bonchev–Trinajstić information content (AvgIpc) is 2.82. The van der Waals surface area contributed by atoms with Crippen molar-refractivity contribution in [1.29, 1.82) is 0 Å². The summed E-state index contributed by atoms with van der Waals surface area (Å²) in [6.07, 6.45) is 5.91. The van der Waals surface area contributed by atoms with E-state index in [1.54, 1.807) is 12.5 Å². The van der Waals surface area contributed by atoms with Gasteiger partial charge in [-0.05, 0) is 36.3 Å². The molecule has 0 amide bonds. The fraction of sp³-hybridized carbons (Fsp3) is 0.692. The first-order valence-electron chi connectivity index (χ1n) is 5.89. The largest absolute Gasteiger partial charge is 0.472 e. The summed E-state index contributed by atoms with van der Waals surface area (Å²) in [7, 11) is 0. The lowest BCUT2D eigenvalue weighted by molar-refractivity contribution is -0.00469. The molecule has 1 aliphatic rings. The second-order valence-electron chi connectivity index (χ2n) is 5.77. The zero-order chi connectivity index (χ0) is 11.8. The highest BCUT2D eigenvalue weighted by Crippen LogP contribution is 2.50. The van der Waals surface area contributed by atoms with E-state index in [1.165, 1.54) is 0 Å². The minimum Gasteiger partial charge on any atom is -0.472 e. The quantitative estimate of drug-likeness (QED) is 0.823. The summed E-state index contributed by atoms with van der Waals surface area (Å²) in [6.45, 7) is 4.76. The van der Waals surface area contributed by atoms with Gasteiger partial charge in [-0.25, -0.2) is 0 Å². The molecule has 0 radical (unpaired) electrons. The van der Waals surface area contributed by atoms with Gasteiger partial charge in [-0.1, -0.05) is 13.8 Å². The lowest BCUT2D eigenvalue weighted by Crippen LogP contribution is -2.44. The van der Waals surface area contributed by atoms with Gasteiger partial charge in [0.25, 0.3) is 0 Å². The molecular formula is C13H21NO2. The Morgan fingerprint density at radius 3 is 2.69 bits per heavy atom. The number of hydrogen-bond acceptors (Lipinski definition) is 3. The summed E-state index contributed by atoms with van der Waals surface area (Å²) in [5, 5.41) is 10.5. The van der Waals surface area contributed by atoms with E-state index in [4.69, 9.17) is 10.2 Å². The molecule has 1 aliphatic carbocycles. The molecule has 16 heavy (non-hydrogen) atoms. The smallest absolute Gasteiger partial charge is 0.0934 e. The number of nitrogens with two attached hydrogens (primary N) is 1. The molecule has 0 bridgehead atoms. The van der Waals surface area contributed by atoms with Gasteiger partial charge in [0, 0.05) is 12.0 Å². The van der Waals surface area contributed by atoms with Crippen LogP contribution in [0.25, 0.3) is 0 Å². The van der Waals surface area contributed by atoms with Crippen molar-refractivity contribution in [3.8, 4) is 0 Å². The Morgan fingerprint density at radius 2 is 2.25 bits per heavy atom. The average molecular weight is 223 g/mol. The molecule has 0 spiro atoms. The highest BCUT2D eigenvalue weighted by Gasteiger charge is 2.50. The fourth-order valence-electron chi connectivity index (χ4n) is 2.94. The van der Waals surface area contributed by atoms with Gasteiger partial charge < -0.3 is 15.3 Å². The van der Waals surface area contributed by atoms with Crippen molar-refractivity contribution in [3.05, 3.63) is 24.2 Å². The summed E-state index contributed by atoms with van der Waals surface area (Å²) < 4.78 is 5.08. The lowest BCUT2D eigenvalue weighted by Gasteiger charge is -2.35. The minimum atomic E-state index is -0.333. The van der Waals surface area contributed by atoms with Gasteiger partial charge in [-0.2, -0.15) is 0 Å². The molecule has 1 fully saturated rings. The van der Waals surface area contributed by atoms with E-state index in [2.05, 4.69) is 13.8 Å². The zero-order valence-corrected chi connectivity index (χ0v) is 10.1. The van der Waals surface area contributed by atoms with E-state index in [0.717, 1.165) is 24.8 Å². The molecule has 90 valence electrons. The summed E-state index contributed by atoms with van der Waals surface area (Å²) >= 11 is 0. The van der Waals surface area contributed by atoms with Crippen molar-refractivity contribution in [2.75, 3.05) is 6.54 Å². The van der Waals surface area contributed by atoms with Crippen LogP contribution in [-0.2, 0) is 6.42 Å². The molecule has 1 saturated carbocycles. The molecule has 0 aromatic carbocycles. The van der Waals surface area contributed by atoms with Crippen molar-refractivity contribution in [1.82, 2.24) is 0 Å². The summed E-state index contributed by atoms with van der Waals surface area (Å²) in [4.78, 5) is 0. The number of aliphatic hydroxyl groups is 1. The summed E-state index contributed by atoms with van der Waals surface area (Å²) in [5.41, 5.74) is 6.84. The zero-order valence-electron chi connectivity index (χ0n) is 10.1. The molecule has 2 unspecified atom stereocenters. The molecule has 1 aromatic heterocycles. The first-order valence-corrected chi connectivity index (χ1v) is 5.89. The van der Waals surface area contributed by atoms with Crippen LogP contribution in [0.5, 0.6) is 0 Å². The number of hydrogen-bond donors (Lipinski definition) is 2. The first-order chi connectivity index (χ1) is 7.50. The van der Waals surface area contributed by atoms with Gasteiger partial charge >= 0.3 is 0 Å². The van der Waals surface area contributed by atoms with Crippen LogP contribution >= 0.6 is 0 Å². The van der Waals surface area contributed by atoms with Crippen molar-refractivity contribution < 1.29 is 9.52 Å². The van der Waals surface area contributed by atoms with E-state index >= 15 is 0 Å². The third-order valence-corrected chi connectivity index (χ3v) is 4.13. The van der Waals surface area contributed by atoms with Crippen LogP contribution in [0.15, 0.2) is 23.0 Å². The second kappa shape index (κ2) is 3.90. The van der Waals surface area contributed by atoms with Gasteiger partial charge in [-0.15, -0.1) is 0 Å². The molecule has 1 heterocycles. The van der Waals surface area contributed by atoms with E-state index in [0.29, 0.717) is 6.54 Å². The first kappa shape index (κ1) is 11.7. The van der Waals surface area contributed by atoms with Gasteiger partial charge in [-0.3, -0.25) is 0 Å². The van der Waals surface area contributed by atoms with Crippen molar-refractivity contribution in [3.63, 3.8) is 0 Å². The topological polar surface area (TPSA) is 59.4 Å². The lowest BCUT2D eigenvalue weighted by atomic mass is 9.74. The third-order valence-electron chi connectivity index (χ3n) is 4.13. The van der Waals surface area contributed by atoms with Crippen LogP contribution in [0.4, 0.5) is 0 Å². The molecule has 3 heteroatoms. The molecule has 2 atom stereocenters. The predicted octanol–water partition coefficient (Wildman–Crippen LogP) is 1.95. The van der Waals surface area contributed by atoms with Crippen LogP contribution in [0.1, 0.15) is 32.3 Å². The van der Waals surface area contributed by atoms with Crippen LogP contribution in [0.3, 0.4) is 0 Å². The number of aliphatic hydroxyl groups excluding tert-OH is 1. The monoisotopic (exact) mass is 223 g/mol. The maximum Gasteiger partial charge on any atom is 0.0934 e. The Morgan fingerprint density at radius 1 is 1.50 bits per heavy atom. The molecule has 0 saturated heterocycles. The van der Waals surface area contributed by atoms with E-state index in [-0.39, 0.29) is 16.9 Å². The second-order valence-corrected chi connectivity index (χ2v) is 5.77. The number of furan rings is 1. The Hall–Kier alpha value is -0.800. The highest BCUT2D eigenvalue weighted by molar-refractivity contribution is 5.13. The Balaban J connectivity index is 2.21. The van der Waals surface area contributed by atoms with Crippen molar-refractivity contribution >= 4 is 0 Å². The third kappa shape index (κ3) is 1.78. The Bertz CT molecular complexity index is 345. The van der Waals surface area contributed by atoms with Crippen LogP contribution in [0, 0.1) is 10.8 Å². The highest BCUT2D eigenvalue weighted by atomic mass is 16.3. The summed E-state index contributed by atoms with van der Waals surface area (Å²) in [6, 6.07) is 1.95. The van der Waals surface area contributed by atoms with Crippen LogP contribution < -0.4 is 5.73 Å². The molecule has 0 aliphatic heterocycles. The minimum absolute atomic E-state index is 0.0247. The van der Waals surface area contributed by atoms with E-state index in [9.17, 15) is 5.11 Å². The van der Waals surface area contributed by atoms with E-state index < -0.39 is 0 Å². The normalized spacial score (nSPS) is 33.1. The van der Waals surface area contributed by atoms with Crippen molar-refractivity contribution in [2.45, 2.75) is 39.2 Å². The van der Waals surface area contributed by atoms with E-state index in [1.807, 2.05) is 6.07 Å². The molecule has 1 aromatic rings.